The summed E-state index contributed by atoms with van der Waals surface area (Å²) >= 11 is 0. The molecule has 6 heteroatoms. The summed E-state index contributed by atoms with van der Waals surface area (Å²) in [5.41, 5.74) is 0. The van der Waals surface area contributed by atoms with Gasteiger partial charge < -0.3 is 24.8 Å². The van der Waals surface area contributed by atoms with E-state index in [1.807, 2.05) is 0 Å². The number of hydrogen-bond donors (Lipinski definition) is 2. The molecule has 2 aliphatic rings. The number of methoxy groups -OCH3 is 1. The van der Waals surface area contributed by atoms with Crippen LogP contribution in [0.3, 0.4) is 0 Å². The molecule has 1 aliphatic carbocycles. The van der Waals surface area contributed by atoms with Crippen molar-refractivity contribution in [1.82, 2.24) is 10.6 Å². The van der Waals surface area contributed by atoms with Crippen LogP contribution in [0.4, 0.5) is 4.79 Å². The molecule has 0 aromatic rings. The minimum absolute atomic E-state index is 0.124. The number of hydrogen-bond acceptors (Lipinski definition) is 4. The van der Waals surface area contributed by atoms with Crippen molar-refractivity contribution >= 4 is 6.03 Å². The molecule has 1 saturated heterocycles. The first-order chi connectivity index (χ1) is 8.74. The molecule has 104 valence electrons. The number of carbonyl (C=O) groups is 1. The largest absolute Gasteiger partial charge is 0.383 e. The third kappa shape index (κ3) is 3.57. The summed E-state index contributed by atoms with van der Waals surface area (Å²) in [5, 5.41) is 5.72. The molecular formula is C12H22N2O4. The van der Waals surface area contributed by atoms with Crippen molar-refractivity contribution in [3.05, 3.63) is 0 Å². The van der Waals surface area contributed by atoms with Crippen molar-refractivity contribution in [2.24, 2.45) is 0 Å². The fraction of sp³-hybridized carbons (Fsp3) is 0.917. The van der Waals surface area contributed by atoms with Gasteiger partial charge in [-0.3, -0.25) is 0 Å². The van der Waals surface area contributed by atoms with Gasteiger partial charge in [0, 0.05) is 32.5 Å². The first-order valence-corrected chi connectivity index (χ1v) is 6.55. The minimum Gasteiger partial charge on any atom is -0.383 e. The second-order valence-corrected chi connectivity index (χ2v) is 4.77. The molecule has 1 spiro atoms. The normalized spacial score (nSPS) is 23.2. The molecule has 1 heterocycles. The van der Waals surface area contributed by atoms with E-state index in [9.17, 15) is 4.79 Å². The van der Waals surface area contributed by atoms with Gasteiger partial charge >= 0.3 is 6.03 Å². The molecule has 1 aliphatic heterocycles. The van der Waals surface area contributed by atoms with Crippen molar-refractivity contribution in [1.29, 1.82) is 0 Å². The number of ether oxygens (including phenoxy) is 3. The van der Waals surface area contributed by atoms with E-state index in [1.165, 1.54) is 0 Å². The Morgan fingerprint density at radius 3 is 2.61 bits per heavy atom. The number of urea groups is 1. The fourth-order valence-electron chi connectivity index (χ4n) is 2.49. The van der Waals surface area contributed by atoms with Crippen LogP contribution in [0.1, 0.15) is 25.7 Å². The standard InChI is InChI=1S/C12H22N2O4/c1-16-7-6-13-11(15)14-10-2-4-12(5-3-10)17-8-9-18-12/h10H,2-9H2,1H3,(H2,13,14,15). The molecule has 0 atom stereocenters. The highest BCUT2D eigenvalue weighted by Crippen LogP contribution is 2.35. The van der Waals surface area contributed by atoms with E-state index in [-0.39, 0.29) is 17.9 Å². The molecular weight excluding hydrogens is 236 g/mol. The SMILES string of the molecule is COCCNC(=O)NC1CCC2(CC1)OCCO2. The zero-order valence-electron chi connectivity index (χ0n) is 10.9. The van der Waals surface area contributed by atoms with Gasteiger partial charge in [0.15, 0.2) is 5.79 Å². The van der Waals surface area contributed by atoms with Crippen LogP contribution in [-0.2, 0) is 14.2 Å². The van der Waals surface area contributed by atoms with Gasteiger partial charge in [0.05, 0.1) is 19.8 Å². The van der Waals surface area contributed by atoms with Crippen LogP contribution in [0.5, 0.6) is 0 Å². The molecule has 2 amide bonds. The third-order valence-electron chi connectivity index (χ3n) is 3.49. The molecule has 2 fully saturated rings. The molecule has 0 unspecified atom stereocenters. The zero-order chi connectivity index (χ0) is 12.8. The van der Waals surface area contributed by atoms with E-state index in [4.69, 9.17) is 14.2 Å². The Morgan fingerprint density at radius 2 is 2.00 bits per heavy atom. The maximum absolute atomic E-state index is 11.6. The first kappa shape index (κ1) is 13.6. The van der Waals surface area contributed by atoms with Crippen molar-refractivity contribution in [3.8, 4) is 0 Å². The monoisotopic (exact) mass is 258 g/mol. The minimum atomic E-state index is -0.356. The van der Waals surface area contributed by atoms with E-state index in [0.717, 1.165) is 25.7 Å². The topological polar surface area (TPSA) is 68.8 Å². The first-order valence-electron chi connectivity index (χ1n) is 6.55. The van der Waals surface area contributed by atoms with Gasteiger partial charge in [-0.25, -0.2) is 4.79 Å². The van der Waals surface area contributed by atoms with E-state index in [1.54, 1.807) is 7.11 Å². The van der Waals surface area contributed by atoms with Crippen molar-refractivity contribution in [3.63, 3.8) is 0 Å². The number of nitrogens with one attached hydrogen (secondary N) is 2. The summed E-state index contributed by atoms with van der Waals surface area (Å²) < 4.78 is 16.2. The Balaban J connectivity index is 1.65. The molecule has 18 heavy (non-hydrogen) atoms. The lowest BCUT2D eigenvalue weighted by Gasteiger charge is -2.35. The van der Waals surface area contributed by atoms with Crippen LogP contribution in [0, 0.1) is 0 Å². The molecule has 2 rings (SSSR count). The highest BCUT2D eigenvalue weighted by molar-refractivity contribution is 5.74. The second-order valence-electron chi connectivity index (χ2n) is 4.77. The maximum Gasteiger partial charge on any atom is 0.315 e. The predicted molar refractivity (Wildman–Crippen MR) is 65.3 cm³/mol. The highest BCUT2D eigenvalue weighted by atomic mass is 16.7. The van der Waals surface area contributed by atoms with Crippen molar-refractivity contribution < 1.29 is 19.0 Å². The van der Waals surface area contributed by atoms with E-state index in [0.29, 0.717) is 26.4 Å². The Kier molecular flexibility index (Phi) is 4.79. The van der Waals surface area contributed by atoms with Crippen molar-refractivity contribution in [2.75, 3.05) is 33.5 Å². The van der Waals surface area contributed by atoms with Gasteiger partial charge in [-0.1, -0.05) is 0 Å². The quantitative estimate of drug-likeness (QED) is 0.725. The van der Waals surface area contributed by atoms with Gasteiger partial charge in [-0.2, -0.15) is 0 Å². The van der Waals surface area contributed by atoms with Crippen LogP contribution in [-0.4, -0.2) is 51.3 Å². The Hall–Kier alpha value is -0.850. The molecule has 0 bridgehead atoms. The number of carbonyl (C=O) groups excluding carboxylic acids is 1. The van der Waals surface area contributed by atoms with Gasteiger partial charge in [0.2, 0.25) is 0 Å². The second kappa shape index (κ2) is 6.36. The Bertz CT molecular complexity index is 269. The van der Waals surface area contributed by atoms with Crippen LogP contribution in [0.15, 0.2) is 0 Å². The highest BCUT2D eigenvalue weighted by Gasteiger charge is 2.40. The average Bonchev–Trinajstić information content (AvgIpc) is 2.81. The number of amides is 2. The van der Waals surface area contributed by atoms with E-state index >= 15 is 0 Å². The average molecular weight is 258 g/mol. The van der Waals surface area contributed by atoms with Crippen LogP contribution >= 0.6 is 0 Å². The summed E-state index contributed by atoms with van der Waals surface area (Å²) in [6, 6.07) is 0.0900. The summed E-state index contributed by atoms with van der Waals surface area (Å²) in [6.45, 7) is 2.44. The molecule has 0 aromatic heterocycles. The third-order valence-corrected chi connectivity index (χ3v) is 3.49. The summed E-state index contributed by atoms with van der Waals surface area (Å²) in [7, 11) is 1.61. The van der Waals surface area contributed by atoms with Crippen LogP contribution < -0.4 is 10.6 Å². The van der Waals surface area contributed by atoms with Crippen LogP contribution in [0.25, 0.3) is 0 Å². The van der Waals surface area contributed by atoms with Crippen LogP contribution in [0.2, 0.25) is 0 Å². The molecule has 2 N–H and O–H groups in total. The summed E-state index contributed by atoms with van der Waals surface area (Å²) in [4.78, 5) is 11.6. The predicted octanol–water partition coefficient (Wildman–Crippen LogP) is 0.618. The Morgan fingerprint density at radius 1 is 1.33 bits per heavy atom. The molecule has 0 aromatic carbocycles. The zero-order valence-corrected chi connectivity index (χ0v) is 10.9. The van der Waals surface area contributed by atoms with E-state index < -0.39 is 0 Å². The van der Waals surface area contributed by atoms with Gasteiger partial charge in [0.1, 0.15) is 0 Å². The van der Waals surface area contributed by atoms with Gasteiger partial charge in [-0.05, 0) is 12.8 Å². The Labute approximate surface area is 107 Å². The molecule has 0 radical (unpaired) electrons. The lowest BCUT2D eigenvalue weighted by Crippen LogP contribution is -2.47. The van der Waals surface area contributed by atoms with Crippen molar-refractivity contribution in [2.45, 2.75) is 37.5 Å². The smallest absolute Gasteiger partial charge is 0.315 e. The summed E-state index contributed by atoms with van der Waals surface area (Å²) in [5.74, 6) is -0.356. The summed E-state index contributed by atoms with van der Waals surface area (Å²) in [6.07, 6.45) is 3.52. The fourth-order valence-corrected chi connectivity index (χ4v) is 2.49. The molecule has 1 saturated carbocycles. The lowest BCUT2D eigenvalue weighted by molar-refractivity contribution is -0.179. The number of rotatable bonds is 4. The van der Waals surface area contributed by atoms with E-state index in [2.05, 4.69) is 10.6 Å². The van der Waals surface area contributed by atoms with Gasteiger partial charge in [0.25, 0.3) is 0 Å². The molecule has 6 nitrogen and oxygen atoms in total. The maximum atomic E-state index is 11.6. The van der Waals surface area contributed by atoms with Gasteiger partial charge in [-0.15, -0.1) is 0 Å². The lowest BCUT2D eigenvalue weighted by atomic mass is 9.90.